The zero-order chi connectivity index (χ0) is 29.4. The maximum atomic E-state index is 13.6. The van der Waals surface area contributed by atoms with Gasteiger partial charge in [-0.05, 0) is 66.8 Å². The van der Waals surface area contributed by atoms with Crippen LogP contribution < -0.4 is 10.6 Å². The number of benzene rings is 2. The first-order valence-corrected chi connectivity index (χ1v) is 14.8. The van der Waals surface area contributed by atoms with Gasteiger partial charge in [0.05, 0.1) is 12.2 Å². The summed E-state index contributed by atoms with van der Waals surface area (Å²) in [4.78, 5) is 66.2. The van der Waals surface area contributed by atoms with Crippen molar-refractivity contribution in [3.05, 3.63) is 70.3 Å². The van der Waals surface area contributed by atoms with Gasteiger partial charge in [0, 0.05) is 38.5 Å². The van der Waals surface area contributed by atoms with Crippen LogP contribution >= 0.6 is 0 Å². The number of nitrogens with one attached hydrogen (secondary N) is 2. The van der Waals surface area contributed by atoms with Gasteiger partial charge in [-0.1, -0.05) is 36.4 Å². The first-order valence-electron chi connectivity index (χ1n) is 14.8. The average molecular weight is 573 g/mol. The van der Waals surface area contributed by atoms with Gasteiger partial charge < -0.3 is 19.9 Å². The van der Waals surface area contributed by atoms with Crippen LogP contribution in [0.2, 0.25) is 0 Å². The lowest BCUT2D eigenvalue weighted by molar-refractivity contribution is -0.142. The van der Waals surface area contributed by atoms with Crippen LogP contribution in [0.15, 0.2) is 42.5 Å². The van der Waals surface area contributed by atoms with Crippen molar-refractivity contribution in [1.29, 1.82) is 0 Å². The molecular formula is C32H36N4O6. The van der Waals surface area contributed by atoms with Crippen molar-refractivity contribution < 1.29 is 28.7 Å². The Hall–Kier alpha value is -4.05. The Morgan fingerprint density at radius 3 is 2.64 bits per heavy atom. The van der Waals surface area contributed by atoms with Gasteiger partial charge in [-0.15, -0.1) is 0 Å². The Bertz CT molecular complexity index is 1450. The van der Waals surface area contributed by atoms with Crippen LogP contribution in [0.5, 0.6) is 0 Å². The van der Waals surface area contributed by atoms with Crippen LogP contribution in [0, 0.1) is 0 Å². The summed E-state index contributed by atoms with van der Waals surface area (Å²) >= 11 is 0. The number of hydrogen-bond donors (Lipinski definition) is 2. The molecule has 4 aliphatic rings. The molecule has 2 saturated heterocycles. The molecule has 1 spiro atoms. The van der Waals surface area contributed by atoms with Crippen molar-refractivity contribution in [2.75, 3.05) is 13.1 Å². The first-order chi connectivity index (χ1) is 20.3. The van der Waals surface area contributed by atoms with Crippen LogP contribution in [-0.2, 0) is 49.1 Å². The van der Waals surface area contributed by atoms with E-state index < -0.39 is 18.0 Å². The van der Waals surface area contributed by atoms with E-state index in [0.717, 1.165) is 24.0 Å². The number of hydrogen-bond acceptors (Lipinski definition) is 6. The minimum Gasteiger partial charge on any atom is -0.365 e. The number of amides is 5. The fourth-order valence-corrected chi connectivity index (χ4v) is 6.99. The van der Waals surface area contributed by atoms with Gasteiger partial charge in [0.1, 0.15) is 12.1 Å². The molecule has 2 atom stereocenters. The monoisotopic (exact) mass is 572 g/mol. The number of aryl methyl sites for hydroxylation is 1. The van der Waals surface area contributed by atoms with Crippen LogP contribution in [0.25, 0.3) is 0 Å². The number of carbonyl (C=O) groups excluding carboxylic acids is 5. The Morgan fingerprint density at radius 2 is 1.88 bits per heavy atom. The lowest BCUT2D eigenvalue weighted by Crippen LogP contribution is -2.52. The van der Waals surface area contributed by atoms with E-state index in [1.807, 2.05) is 29.2 Å². The predicted molar refractivity (Wildman–Crippen MR) is 152 cm³/mol. The molecule has 2 fully saturated rings. The molecular weight excluding hydrogens is 536 g/mol. The Morgan fingerprint density at radius 1 is 1.10 bits per heavy atom. The summed E-state index contributed by atoms with van der Waals surface area (Å²) in [6.45, 7) is 3.46. The number of piperidine rings is 2. The number of imide groups is 1. The zero-order valence-corrected chi connectivity index (χ0v) is 23.8. The van der Waals surface area contributed by atoms with Crippen molar-refractivity contribution in [3.8, 4) is 0 Å². The average Bonchev–Trinajstić information content (AvgIpc) is 3.50. The van der Waals surface area contributed by atoms with E-state index in [1.165, 1.54) is 18.1 Å². The van der Waals surface area contributed by atoms with Gasteiger partial charge in [0.15, 0.2) is 0 Å². The summed E-state index contributed by atoms with van der Waals surface area (Å²) in [5, 5.41) is 5.20. The van der Waals surface area contributed by atoms with Crippen molar-refractivity contribution in [2.45, 2.75) is 82.7 Å². The van der Waals surface area contributed by atoms with E-state index in [9.17, 15) is 24.0 Å². The maximum Gasteiger partial charge on any atom is 0.255 e. The fraction of sp³-hybridized carbons (Fsp3) is 0.469. The van der Waals surface area contributed by atoms with Gasteiger partial charge in [-0.2, -0.15) is 0 Å². The number of ether oxygens (including phenoxy) is 1. The van der Waals surface area contributed by atoms with Crippen molar-refractivity contribution in [2.24, 2.45) is 0 Å². The molecule has 0 aromatic heterocycles. The van der Waals surface area contributed by atoms with E-state index >= 15 is 0 Å². The molecule has 2 N–H and O–H groups in total. The van der Waals surface area contributed by atoms with Gasteiger partial charge in [0.2, 0.25) is 23.6 Å². The summed E-state index contributed by atoms with van der Waals surface area (Å²) in [5.74, 6) is -1.28. The molecule has 0 bridgehead atoms. The molecule has 2 aromatic rings. The van der Waals surface area contributed by atoms with Gasteiger partial charge in [0.25, 0.3) is 5.91 Å². The SMILES string of the molecule is CC(=O)NC(CCCc1cccc2c1CN(C1CCC(=O)NC1=O)C2=O)C(=O)N1CCC2(CC1)OCc1ccccc12. The van der Waals surface area contributed by atoms with Crippen LogP contribution in [-0.4, -0.2) is 64.5 Å². The highest BCUT2D eigenvalue weighted by Crippen LogP contribution is 2.44. The topological polar surface area (TPSA) is 125 Å². The minimum atomic E-state index is -0.663. The predicted octanol–water partition coefficient (Wildman–Crippen LogP) is 2.32. The minimum absolute atomic E-state index is 0.0798. The number of nitrogens with zero attached hydrogens (tertiary/aromatic N) is 2. The second-order valence-electron chi connectivity index (χ2n) is 11.8. The highest BCUT2D eigenvalue weighted by molar-refractivity contribution is 6.05. The van der Waals surface area contributed by atoms with E-state index in [4.69, 9.17) is 4.74 Å². The van der Waals surface area contributed by atoms with E-state index in [1.54, 1.807) is 11.0 Å². The van der Waals surface area contributed by atoms with E-state index in [0.29, 0.717) is 57.5 Å². The third-order valence-electron chi connectivity index (χ3n) is 9.19. The number of fused-ring (bicyclic) bond motifs is 3. The van der Waals surface area contributed by atoms with E-state index in [2.05, 4.69) is 22.8 Å². The lowest BCUT2D eigenvalue weighted by atomic mass is 9.83. The molecule has 4 heterocycles. The summed E-state index contributed by atoms with van der Waals surface area (Å²) in [5.41, 5.74) is 4.53. The molecule has 10 heteroatoms. The van der Waals surface area contributed by atoms with Crippen molar-refractivity contribution in [1.82, 2.24) is 20.4 Å². The summed E-state index contributed by atoms with van der Waals surface area (Å²) < 4.78 is 6.25. The third kappa shape index (κ3) is 5.19. The highest BCUT2D eigenvalue weighted by atomic mass is 16.5. The Kier molecular flexibility index (Phi) is 7.57. The molecule has 4 aliphatic heterocycles. The molecule has 2 unspecified atom stereocenters. The van der Waals surface area contributed by atoms with E-state index in [-0.39, 0.29) is 35.7 Å². The second kappa shape index (κ2) is 11.3. The summed E-state index contributed by atoms with van der Waals surface area (Å²) in [6, 6.07) is 12.6. The standard InChI is InChI=1S/C32H36N4O6/c1-20(37)33-26(31(41)35-16-14-32(15-17-35)25-10-3-2-6-22(25)19-42-32)11-5-8-21-7-4-9-23-24(21)18-36(30(23)40)27-12-13-28(38)34-29(27)39/h2-4,6-7,9-10,26-27H,5,8,11-19H2,1H3,(H,33,37)(H,34,38,39). The maximum absolute atomic E-state index is 13.6. The quantitative estimate of drug-likeness (QED) is 0.491. The van der Waals surface area contributed by atoms with Gasteiger partial charge >= 0.3 is 0 Å². The lowest BCUT2D eigenvalue weighted by Gasteiger charge is -2.40. The molecule has 10 nitrogen and oxygen atoms in total. The molecule has 5 amide bonds. The zero-order valence-electron chi connectivity index (χ0n) is 23.8. The van der Waals surface area contributed by atoms with Crippen LogP contribution in [0.3, 0.4) is 0 Å². The van der Waals surface area contributed by atoms with Crippen LogP contribution in [0.1, 0.15) is 78.1 Å². The largest absolute Gasteiger partial charge is 0.365 e. The third-order valence-corrected chi connectivity index (χ3v) is 9.19. The molecule has 220 valence electrons. The molecule has 0 aliphatic carbocycles. The first kappa shape index (κ1) is 28.1. The van der Waals surface area contributed by atoms with Gasteiger partial charge in [-0.3, -0.25) is 29.3 Å². The van der Waals surface area contributed by atoms with Crippen LogP contribution in [0.4, 0.5) is 0 Å². The number of likely N-dealkylation sites (tertiary alicyclic amines) is 1. The fourth-order valence-electron chi connectivity index (χ4n) is 6.99. The number of carbonyl (C=O) groups is 5. The molecule has 0 radical (unpaired) electrons. The summed E-state index contributed by atoms with van der Waals surface area (Å²) in [7, 11) is 0. The normalized spacial score (nSPS) is 21.6. The highest BCUT2D eigenvalue weighted by Gasteiger charge is 2.44. The van der Waals surface area contributed by atoms with Crippen molar-refractivity contribution >= 4 is 29.5 Å². The molecule has 2 aromatic carbocycles. The van der Waals surface area contributed by atoms with Crippen molar-refractivity contribution in [3.63, 3.8) is 0 Å². The molecule has 42 heavy (non-hydrogen) atoms. The Labute approximate surface area is 244 Å². The molecule has 0 saturated carbocycles. The summed E-state index contributed by atoms with van der Waals surface area (Å²) in [6.07, 6.45) is 3.68. The van der Waals surface area contributed by atoms with Gasteiger partial charge in [-0.25, -0.2) is 0 Å². The smallest absolute Gasteiger partial charge is 0.255 e. The number of rotatable bonds is 7. The Balaban J connectivity index is 1.08. The molecule has 6 rings (SSSR count). The second-order valence-corrected chi connectivity index (χ2v) is 11.8.